The molecule has 0 aromatic carbocycles. The summed E-state index contributed by atoms with van der Waals surface area (Å²) in [5, 5.41) is 0. The van der Waals surface area contributed by atoms with Crippen LogP contribution in [0.25, 0.3) is 0 Å². The number of ether oxygens (including phenoxy) is 1. The van der Waals surface area contributed by atoms with Crippen molar-refractivity contribution in [2.24, 2.45) is 0 Å². The van der Waals surface area contributed by atoms with E-state index in [1.807, 2.05) is 11.8 Å². The first-order valence-electron chi connectivity index (χ1n) is 5.79. The Balaban J connectivity index is 2.11. The molecular formula is C11H22N2O2. The predicted octanol–water partition coefficient (Wildman–Crippen LogP) is 0.577. The molecule has 0 N–H and O–H groups in total. The molecule has 4 nitrogen and oxygen atoms in total. The summed E-state index contributed by atoms with van der Waals surface area (Å²) in [6, 6.07) is 0. The van der Waals surface area contributed by atoms with Gasteiger partial charge in [-0.2, -0.15) is 0 Å². The van der Waals surface area contributed by atoms with Gasteiger partial charge in [0, 0.05) is 39.6 Å². The first-order valence-corrected chi connectivity index (χ1v) is 5.79. The highest BCUT2D eigenvalue weighted by Gasteiger charge is 2.11. The van der Waals surface area contributed by atoms with E-state index >= 15 is 0 Å². The van der Waals surface area contributed by atoms with Crippen molar-refractivity contribution in [2.75, 3.05) is 45.9 Å². The Hall–Kier alpha value is -0.610. The third kappa shape index (κ3) is 4.62. The van der Waals surface area contributed by atoms with Crippen LogP contribution in [0.4, 0.5) is 0 Å². The standard InChI is InChI=1S/C11H22N2O2/c1-3-13(11(2)14)6-4-5-12-7-9-15-10-8-12/h3-10H2,1-2H3. The number of nitrogens with zero attached hydrogens (tertiary/aromatic N) is 2. The van der Waals surface area contributed by atoms with Gasteiger partial charge in [0.05, 0.1) is 13.2 Å². The molecule has 4 heteroatoms. The highest BCUT2D eigenvalue weighted by atomic mass is 16.5. The number of rotatable bonds is 5. The van der Waals surface area contributed by atoms with Crippen LogP contribution in [0.5, 0.6) is 0 Å². The molecule has 1 rings (SSSR count). The minimum atomic E-state index is 0.180. The van der Waals surface area contributed by atoms with Crippen LogP contribution in [0.2, 0.25) is 0 Å². The normalized spacial score (nSPS) is 17.7. The Kier molecular flexibility index (Phi) is 5.65. The summed E-state index contributed by atoms with van der Waals surface area (Å²) in [6.07, 6.45) is 1.06. The zero-order valence-electron chi connectivity index (χ0n) is 9.87. The fourth-order valence-electron chi connectivity index (χ4n) is 1.85. The summed E-state index contributed by atoms with van der Waals surface area (Å²) < 4.78 is 5.28. The maximum Gasteiger partial charge on any atom is 0.219 e. The van der Waals surface area contributed by atoms with Crippen molar-refractivity contribution in [3.8, 4) is 0 Å². The minimum Gasteiger partial charge on any atom is -0.379 e. The summed E-state index contributed by atoms with van der Waals surface area (Å²) in [7, 11) is 0. The molecule has 1 aliphatic rings. The van der Waals surface area contributed by atoms with Gasteiger partial charge in [-0.15, -0.1) is 0 Å². The van der Waals surface area contributed by atoms with Gasteiger partial charge in [-0.05, 0) is 13.3 Å². The van der Waals surface area contributed by atoms with Crippen molar-refractivity contribution in [3.63, 3.8) is 0 Å². The van der Waals surface area contributed by atoms with E-state index in [1.54, 1.807) is 6.92 Å². The van der Waals surface area contributed by atoms with Crippen LogP contribution in [-0.2, 0) is 9.53 Å². The van der Waals surface area contributed by atoms with Crippen LogP contribution < -0.4 is 0 Å². The topological polar surface area (TPSA) is 32.8 Å². The van der Waals surface area contributed by atoms with Gasteiger partial charge in [0.2, 0.25) is 5.91 Å². The van der Waals surface area contributed by atoms with Gasteiger partial charge in [0.1, 0.15) is 0 Å². The van der Waals surface area contributed by atoms with Gasteiger partial charge in [-0.3, -0.25) is 9.69 Å². The van der Waals surface area contributed by atoms with Crippen LogP contribution >= 0.6 is 0 Å². The Morgan fingerprint density at radius 2 is 2.07 bits per heavy atom. The molecule has 0 aromatic heterocycles. The van der Waals surface area contributed by atoms with Gasteiger partial charge in [0.15, 0.2) is 0 Å². The molecule has 1 fully saturated rings. The molecule has 1 heterocycles. The molecule has 0 aliphatic carbocycles. The maximum atomic E-state index is 11.1. The zero-order valence-corrected chi connectivity index (χ0v) is 9.87. The molecule has 0 unspecified atom stereocenters. The zero-order chi connectivity index (χ0) is 11.1. The van der Waals surface area contributed by atoms with E-state index in [-0.39, 0.29) is 5.91 Å². The highest BCUT2D eigenvalue weighted by molar-refractivity contribution is 5.73. The largest absolute Gasteiger partial charge is 0.379 e. The molecule has 1 amide bonds. The van der Waals surface area contributed by atoms with Crippen molar-refractivity contribution >= 4 is 5.91 Å². The van der Waals surface area contributed by atoms with E-state index in [2.05, 4.69) is 4.90 Å². The van der Waals surface area contributed by atoms with Gasteiger partial charge < -0.3 is 9.64 Å². The smallest absolute Gasteiger partial charge is 0.219 e. The summed E-state index contributed by atoms with van der Waals surface area (Å²) in [5.41, 5.74) is 0. The summed E-state index contributed by atoms with van der Waals surface area (Å²) in [6.45, 7) is 10.2. The number of carbonyl (C=O) groups is 1. The van der Waals surface area contributed by atoms with Crippen LogP contribution in [0.15, 0.2) is 0 Å². The Morgan fingerprint density at radius 3 is 2.60 bits per heavy atom. The average molecular weight is 214 g/mol. The van der Waals surface area contributed by atoms with Crippen molar-refractivity contribution < 1.29 is 9.53 Å². The second kappa shape index (κ2) is 6.80. The lowest BCUT2D eigenvalue weighted by molar-refractivity contribution is -0.128. The van der Waals surface area contributed by atoms with E-state index in [4.69, 9.17) is 4.74 Å². The molecule has 15 heavy (non-hydrogen) atoms. The van der Waals surface area contributed by atoms with Gasteiger partial charge in [-0.1, -0.05) is 0 Å². The fraction of sp³-hybridized carbons (Fsp3) is 0.909. The van der Waals surface area contributed by atoms with Crippen molar-refractivity contribution in [1.29, 1.82) is 0 Å². The third-order valence-corrected chi connectivity index (χ3v) is 2.83. The van der Waals surface area contributed by atoms with E-state index < -0.39 is 0 Å². The van der Waals surface area contributed by atoms with Crippen LogP contribution in [0, 0.1) is 0 Å². The van der Waals surface area contributed by atoms with Crippen LogP contribution in [-0.4, -0.2) is 61.6 Å². The Morgan fingerprint density at radius 1 is 1.40 bits per heavy atom. The lowest BCUT2D eigenvalue weighted by Crippen LogP contribution is -2.38. The predicted molar refractivity (Wildman–Crippen MR) is 59.8 cm³/mol. The Bertz CT molecular complexity index is 191. The number of hydrogen-bond acceptors (Lipinski definition) is 3. The molecule has 1 saturated heterocycles. The van der Waals surface area contributed by atoms with Crippen molar-refractivity contribution in [2.45, 2.75) is 20.3 Å². The first-order chi connectivity index (χ1) is 7.24. The lowest BCUT2D eigenvalue weighted by atomic mass is 10.3. The number of amides is 1. The van der Waals surface area contributed by atoms with Crippen molar-refractivity contribution in [1.82, 2.24) is 9.80 Å². The SMILES string of the molecule is CCN(CCCN1CCOCC1)C(C)=O. The summed E-state index contributed by atoms with van der Waals surface area (Å²) in [5.74, 6) is 0.180. The van der Waals surface area contributed by atoms with Crippen LogP contribution in [0.3, 0.4) is 0 Å². The van der Waals surface area contributed by atoms with E-state index in [9.17, 15) is 4.79 Å². The van der Waals surface area contributed by atoms with E-state index in [1.165, 1.54) is 0 Å². The number of morpholine rings is 1. The first kappa shape index (κ1) is 12.5. The molecule has 0 spiro atoms. The second-order valence-corrected chi connectivity index (χ2v) is 3.91. The van der Waals surface area contributed by atoms with E-state index in [0.717, 1.165) is 52.4 Å². The molecule has 88 valence electrons. The molecule has 0 atom stereocenters. The van der Waals surface area contributed by atoms with Gasteiger partial charge in [0.25, 0.3) is 0 Å². The lowest BCUT2D eigenvalue weighted by Gasteiger charge is -2.27. The number of carbonyl (C=O) groups excluding carboxylic acids is 1. The molecule has 0 aromatic rings. The second-order valence-electron chi connectivity index (χ2n) is 3.91. The van der Waals surface area contributed by atoms with Gasteiger partial charge >= 0.3 is 0 Å². The summed E-state index contributed by atoms with van der Waals surface area (Å²) in [4.78, 5) is 15.4. The van der Waals surface area contributed by atoms with Crippen LogP contribution in [0.1, 0.15) is 20.3 Å². The monoisotopic (exact) mass is 214 g/mol. The maximum absolute atomic E-state index is 11.1. The molecular weight excluding hydrogens is 192 g/mol. The Labute approximate surface area is 92.2 Å². The fourth-order valence-corrected chi connectivity index (χ4v) is 1.85. The molecule has 1 aliphatic heterocycles. The molecule has 0 radical (unpaired) electrons. The minimum absolute atomic E-state index is 0.180. The highest BCUT2D eigenvalue weighted by Crippen LogP contribution is 1.99. The summed E-state index contributed by atoms with van der Waals surface area (Å²) >= 11 is 0. The molecule has 0 bridgehead atoms. The number of hydrogen-bond donors (Lipinski definition) is 0. The van der Waals surface area contributed by atoms with Gasteiger partial charge in [-0.25, -0.2) is 0 Å². The third-order valence-electron chi connectivity index (χ3n) is 2.83. The average Bonchev–Trinajstić information content (AvgIpc) is 2.25. The van der Waals surface area contributed by atoms with E-state index in [0.29, 0.717) is 0 Å². The molecule has 0 saturated carbocycles. The quantitative estimate of drug-likeness (QED) is 0.671. The van der Waals surface area contributed by atoms with Crippen molar-refractivity contribution in [3.05, 3.63) is 0 Å².